The fourth-order valence-corrected chi connectivity index (χ4v) is 4.18. The SMILES string of the molecule is Cc1c(C(=O)NCc2ccc(CN3CCCC3)cc2)nnn1C1CCNCC1.Cl.Cl. The zero-order valence-electron chi connectivity index (χ0n) is 17.5. The second-order valence-corrected chi connectivity index (χ2v) is 7.93. The first kappa shape index (κ1) is 24.6. The van der Waals surface area contributed by atoms with Gasteiger partial charge in [-0.05, 0) is 69.9 Å². The molecule has 0 radical (unpaired) electrons. The number of aromatic nitrogens is 3. The Hall–Kier alpha value is -1.67. The van der Waals surface area contributed by atoms with E-state index in [0.29, 0.717) is 18.3 Å². The zero-order valence-corrected chi connectivity index (χ0v) is 19.1. The average Bonchev–Trinajstić information content (AvgIpc) is 3.37. The van der Waals surface area contributed by atoms with Crippen LogP contribution < -0.4 is 10.6 Å². The number of piperidine rings is 1. The van der Waals surface area contributed by atoms with Gasteiger partial charge < -0.3 is 10.6 Å². The predicted molar refractivity (Wildman–Crippen MR) is 123 cm³/mol. The number of likely N-dealkylation sites (tertiary alicyclic amines) is 1. The Morgan fingerprint density at radius 1 is 1.10 bits per heavy atom. The first-order valence-corrected chi connectivity index (χ1v) is 10.4. The van der Waals surface area contributed by atoms with Gasteiger partial charge in [-0.3, -0.25) is 9.69 Å². The van der Waals surface area contributed by atoms with Crippen LogP contribution in [-0.2, 0) is 13.1 Å². The molecule has 1 amide bonds. The Balaban J connectivity index is 0.00000160. The van der Waals surface area contributed by atoms with Crippen LogP contribution in [0.4, 0.5) is 0 Å². The summed E-state index contributed by atoms with van der Waals surface area (Å²) in [6.45, 7) is 7.83. The van der Waals surface area contributed by atoms with Crippen molar-refractivity contribution in [1.29, 1.82) is 0 Å². The second-order valence-electron chi connectivity index (χ2n) is 7.93. The van der Waals surface area contributed by atoms with Gasteiger partial charge in [-0.1, -0.05) is 29.5 Å². The number of carbonyl (C=O) groups excluding carboxylic acids is 1. The van der Waals surface area contributed by atoms with E-state index in [4.69, 9.17) is 0 Å². The highest BCUT2D eigenvalue weighted by molar-refractivity contribution is 5.93. The van der Waals surface area contributed by atoms with Crippen LogP contribution in [0, 0.1) is 6.92 Å². The minimum absolute atomic E-state index is 0. The van der Waals surface area contributed by atoms with Crippen molar-refractivity contribution >= 4 is 30.7 Å². The predicted octanol–water partition coefficient (Wildman–Crippen LogP) is 2.88. The molecule has 0 aliphatic carbocycles. The van der Waals surface area contributed by atoms with Gasteiger partial charge in [0.15, 0.2) is 5.69 Å². The maximum atomic E-state index is 12.6. The number of hydrogen-bond acceptors (Lipinski definition) is 5. The molecule has 2 aromatic rings. The largest absolute Gasteiger partial charge is 0.347 e. The Bertz CT molecular complexity index is 798. The van der Waals surface area contributed by atoms with E-state index in [1.54, 1.807) is 0 Å². The van der Waals surface area contributed by atoms with Crippen LogP contribution in [0.5, 0.6) is 0 Å². The summed E-state index contributed by atoms with van der Waals surface area (Å²) in [6.07, 6.45) is 4.67. The van der Waals surface area contributed by atoms with Crippen LogP contribution in [-0.4, -0.2) is 52.0 Å². The van der Waals surface area contributed by atoms with Gasteiger partial charge in [0.25, 0.3) is 5.91 Å². The Kier molecular flexibility index (Phi) is 9.55. The Labute approximate surface area is 190 Å². The van der Waals surface area contributed by atoms with Crippen molar-refractivity contribution in [1.82, 2.24) is 30.5 Å². The van der Waals surface area contributed by atoms with Gasteiger partial charge >= 0.3 is 0 Å². The highest BCUT2D eigenvalue weighted by Crippen LogP contribution is 2.20. The number of nitrogens with one attached hydrogen (secondary N) is 2. The number of carbonyl (C=O) groups is 1. The molecule has 3 heterocycles. The monoisotopic (exact) mass is 454 g/mol. The number of halogens is 2. The van der Waals surface area contributed by atoms with E-state index in [1.165, 1.54) is 31.5 Å². The summed E-state index contributed by atoms with van der Waals surface area (Å²) in [5.74, 6) is -0.154. The van der Waals surface area contributed by atoms with Crippen LogP contribution in [0.15, 0.2) is 24.3 Å². The van der Waals surface area contributed by atoms with Gasteiger partial charge in [-0.15, -0.1) is 29.9 Å². The Morgan fingerprint density at radius 2 is 1.73 bits per heavy atom. The molecule has 2 aliphatic rings. The summed E-state index contributed by atoms with van der Waals surface area (Å²) in [5, 5.41) is 14.7. The topological polar surface area (TPSA) is 75.1 Å². The van der Waals surface area contributed by atoms with Gasteiger partial charge in [-0.2, -0.15) is 0 Å². The Morgan fingerprint density at radius 3 is 2.40 bits per heavy atom. The molecule has 1 aromatic heterocycles. The van der Waals surface area contributed by atoms with Crippen LogP contribution in [0.3, 0.4) is 0 Å². The van der Waals surface area contributed by atoms with Crippen LogP contribution in [0.25, 0.3) is 0 Å². The minimum Gasteiger partial charge on any atom is -0.347 e. The lowest BCUT2D eigenvalue weighted by atomic mass is 10.1. The standard InChI is InChI=1S/C21H30N6O.2ClH/c1-16-20(24-25-27(16)19-8-10-22-11-9-19)21(28)23-14-17-4-6-18(7-5-17)15-26-12-2-3-13-26;;/h4-7,19,22H,2-3,8-15H2,1H3,(H,23,28);2*1H. The van der Waals surface area contributed by atoms with E-state index >= 15 is 0 Å². The van der Waals surface area contributed by atoms with Gasteiger partial charge in [0.05, 0.1) is 11.7 Å². The minimum atomic E-state index is -0.154. The molecular formula is C21H32Cl2N6O. The van der Waals surface area contributed by atoms with E-state index in [0.717, 1.165) is 43.7 Å². The van der Waals surface area contributed by atoms with Crippen molar-refractivity contribution < 1.29 is 4.79 Å². The zero-order chi connectivity index (χ0) is 19.3. The van der Waals surface area contributed by atoms with Crippen molar-refractivity contribution in [2.75, 3.05) is 26.2 Å². The van der Waals surface area contributed by atoms with E-state index in [1.807, 2.05) is 11.6 Å². The first-order valence-electron chi connectivity index (χ1n) is 10.4. The van der Waals surface area contributed by atoms with Crippen molar-refractivity contribution in [2.45, 2.75) is 51.7 Å². The van der Waals surface area contributed by atoms with Crippen LogP contribution >= 0.6 is 24.8 Å². The van der Waals surface area contributed by atoms with Gasteiger partial charge in [0.2, 0.25) is 0 Å². The highest BCUT2D eigenvalue weighted by Gasteiger charge is 2.22. The molecule has 2 N–H and O–H groups in total. The van der Waals surface area contributed by atoms with Crippen molar-refractivity contribution in [3.63, 3.8) is 0 Å². The smallest absolute Gasteiger partial charge is 0.274 e. The molecule has 0 unspecified atom stereocenters. The van der Waals surface area contributed by atoms with Gasteiger partial charge in [0, 0.05) is 13.1 Å². The molecule has 166 valence electrons. The molecule has 30 heavy (non-hydrogen) atoms. The summed E-state index contributed by atoms with van der Waals surface area (Å²) in [6, 6.07) is 8.87. The summed E-state index contributed by atoms with van der Waals surface area (Å²) >= 11 is 0. The molecule has 2 saturated heterocycles. The number of rotatable bonds is 6. The molecule has 7 nitrogen and oxygen atoms in total. The van der Waals surface area contributed by atoms with Crippen LogP contribution in [0.2, 0.25) is 0 Å². The number of benzene rings is 1. The van der Waals surface area contributed by atoms with Crippen molar-refractivity contribution in [2.24, 2.45) is 0 Å². The molecule has 0 spiro atoms. The number of amides is 1. The third-order valence-electron chi connectivity index (χ3n) is 5.88. The van der Waals surface area contributed by atoms with E-state index < -0.39 is 0 Å². The molecule has 9 heteroatoms. The maximum Gasteiger partial charge on any atom is 0.274 e. The average molecular weight is 455 g/mol. The summed E-state index contributed by atoms with van der Waals surface area (Å²) in [5.41, 5.74) is 3.72. The van der Waals surface area contributed by atoms with Gasteiger partial charge in [-0.25, -0.2) is 4.68 Å². The summed E-state index contributed by atoms with van der Waals surface area (Å²) < 4.78 is 1.92. The quantitative estimate of drug-likeness (QED) is 0.701. The van der Waals surface area contributed by atoms with Gasteiger partial charge in [0.1, 0.15) is 0 Å². The third kappa shape index (κ3) is 5.94. The molecule has 0 saturated carbocycles. The molecule has 2 aliphatic heterocycles. The van der Waals surface area contributed by atoms with E-state index in [9.17, 15) is 4.79 Å². The highest BCUT2D eigenvalue weighted by atomic mass is 35.5. The molecule has 4 rings (SSSR count). The third-order valence-corrected chi connectivity index (χ3v) is 5.88. The fourth-order valence-electron chi connectivity index (χ4n) is 4.18. The van der Waals surface area contributed by atoms with E-state index in [2.05, 4.69) is 50.1 Å². The number of hydrogen-bond donors (Lipinski definition) is 2. The maximum absolute atomic E-state index is 12.6. The molecule has 1 aromatic carbocycles. The van der Waals surface area contributed by atoms with E-state index in [-0.39, 0.29) is 30.7 Å². The normalized spacial score (nSPS) is 17.2. The summed E-state index contributed by atoms with van der Waals surface area (Å²) in [4.78, 5) is 15.1. The lowest BCUT2D eigenvalue weighted by Crippen LogP contribution is -2.30. The molecular weight excluding hydrogens is 423 g/mol. The lowest BCUT2D eigenvalue weighted by Gasteiger charge is -2.23. The fraction of sp³-hybridized carbons (Fsp3) is 0.571. The molecule has 0 bridgehead atoms. The van der Waals surface area contributed by atoms with Crippen LogP contribution in [0.1, 0.15) is 59.0 Å². The van der Waals surface area contributed by atoms with Crippen molar-refractivity contribution in [3.8, 4) is 0 Å². The molecule has 2 fully saturated rings. The van der Waals surface area contributed by atoms with Crippen molar-refractivity contribution in [3.05, 3.63) is 46.8 Å². The first-order chi connectivity index (χ1) is 13.7. The summed E-state index contributed by atoms with van der Waals surface area (Å²) in [7, 11) is 0. The molecule has 0 atom stereocenters. The number of nitrogens with zero attached hydrogens (tertiary/aromatic N) is 4. The lowest BCUT2D eigenvalue weighted by molar-refractivity contribution is 0.0945. The second kappa shape index (κ2) is 11.6.